The fourth-order valence-electron chi connectivity index (χ4n) is 2.72. The molecule has 28 heavy (non-hydrogen) atoms. The standard InChI is InChI=1S/C21H26N2O5/c1-23(2)21(25)15-7-9-16(10-8-15)22-19(24)11-6-14-12-17(26-3)20(28-5)18(13-14)27-4/h7-10,12-13H,6,11H2,1-5H3,(H,22,24). The molecule has 0 radical (unpaired) electrons. The van der Waals surface area contributed by atoms with Crippen LogP contribution in [-0.4, -0.2) is 52.1 Å². The minimum Gasteiger partial charge on any atom is -0.493 e. The van der Waals surface area contributed by atoms with Gasteiger partial charge in [0.2, 0.25) is 11.7 Å². The van der Waals surface area contributed by atoms with Crippen molar-refractivity contribution in [1.29, 1.82) is 0 Å². The number of aryl methyl sites for hydroxylation is 1. The second kappa shape index (κ2) is 9.64. The van der Waals surface area contributed by atoms with Crippen LogP contribution in [0.4, 0.5) is 5.69 Å². The topological polar surface area (TPSA) is 77.1 Å². The van der Waals surface area contributed by atoms with Gasteiger partial charge in [-0.15, -0.1) is 0 Å². The van der Waals surface area contributed by atoms with Crippen molar-refractivity contribution in [2.24, 2.45) is 0 Å². The summed E-state index contributed by atoms with van der Waals surface area (Å²) in [5.74, 6) is 1.42. The summed E-state index contributed by atoms with van der Waals surface area (Å²) in [5, 5.41) is 2.84. The number of ether oxygens (including phenoxy) is 3. The van der Waals surface area contributed by atoms with Crippen LogP contribution in [0.2, 0.25) is 0 Å². The molecule has 0 heterocycles. The fourth-order valence-corrected chi connectivity index (χ4v) is 2.72. The minimum atomic E-state index is -0.125. The van der Waals surface area contributed by atoms with Crippen LogP contribution in [0.3, 0.4) is 0 Å². The molecule has 0 fully saturated rings. The molecule has 0 saturated carbocycles. The van der Waals surface area contributed by atoms with Crippen LogP contribution in [0.5, 0.6) is 17.2 Å². The molecule has 0 aliphatic rings. The molecule has 7 heteroatoms. The average molecular weight is 386 g/mol. The van der Waals surface area contributed by atoms with E-state index in [0.717, 1.165) is 5.56 Å². The molecule has 0 spiro atoms. The molecular weight excluding hydrogens is 360 g/mol. The zero-order valence-electron chi connectivity index (χ0n) is 16.9. The van der Waals surface area contributed by atoms with Crippen molar-refractivity contribution in [1.82, 2.24) is 4.90 Å². The Morgan fingerprint density at radius 2 is 1.50 bits per heavy atom. The number of methoxy groups -OCH3 is 3. The van der Waals surface area contributed by atoms with E-state index in [1.807, 2.05) is 12.1 Å². The van der Waals surface area contributed by atoms with Crippen molar-refractivity contribution in [2.45, 2.75) is 12.8 Å². The van der Waals surface area contributed by atoms with Gasteiger partial charge in [-0.25, -0.2) is 0 Å². The van der Waals surface area contributed by atoms with Gasteiger partial charge in [-0.05, 0) is 48.4 Å². The quantitative estimate of drug-likeness (QED) is 0.755. The van der Waals surface area contributed by atoms with E-state index in [4.69, 9.17) is 14.2 Å². The molecule has 2 amide bonds. The largest absolute Gasteiger partial charge is 0.493 e. The van der Waals surface area contributed by atoms with Crippen LogP contribution in [0.25, 0.3) is 0 Å². The zero-order valence-corrected chi connectivity index (χ0v) is 16.9. The van der Waals surface area contributed by atoms with Crippen LogP contribution in [0.1, 0.15) is 22.3 Å². The second-order valence-corrected chi connectivity index (χ2v) is 6.36. The van der Waals surface area contributed by atoms with Crippen molar-refractivity contribution in [3.63, 3.8) is 0 Å². The maximum Gasteiger partial charge on any atom is 0.253 e. The van der Waals surface area contributed by atoms with E-state index < -0.39 is 0 Å². The van der Waals surface area contributed by atoms with Gasteiger partial charge in [0, 0.05) is 31.8 Å². The summed E-state index contributed by atoms with van der Waals surface area (Å²) in [6, 6.07) is 10.5. The summed E-state index contributed by atoms with van der Waals surface area (Å²) in [5.41, 5.74) is 2.11. The summed E-state index contributed by atoms with van der Waals surface area (Å²) < 4.78 is 16.0. The number of carbonyl (C=O) groups is 2. The average Bonchev–Trinajstić information content (AvgIpc) is 2.71. The number of benzene rings is 2. The summed E-state index contributed by atoms with van der Waals surface area (Å²) in [4.78, 5) is 25.7. The summed E-state index contributed by atoms with van der Waals surface area (Å²) in [6.07, 6.45) is 0.802. The molecule has 2 rings (SSSR count). The Labute approximate surface area is 165 Å². The van der Waals surface area contributed by atoms with Crippen LogP contribution >= 0.6 is 0 Å². The van der Waals surface area contributed by atoms with E-state index in [2.05, 4.69) is 5.32 Å². The maximum absolute atomic E-state index is 12.3. The molecule has 0 aliphatic heterocycles. The minimum absolute atomic E-state index is 0.0831. The third kappa shape index (κ3) is 5.16. The summed E-state index contributed by atoms with van der Waals surface area (Å²) in [6.45, 7) is 0. The Morgan fingerprint density at radius 3 is 1.96 bits per heavy atom. The Morgan fingerprint density at radius 1 is 0.929 bits per heavy atom. The Kier molecular flexibility index (Phi) is 7.26. The van der Waals surface area contributed by atoms with E-state index in [9.17, 15) is 9.59 Å². The smallest absolute Gasteiger partial charge is 0.253 e. The van der Waals surface area contributed by atoms with Crippen molar-refractivity contribution < 1.29 is 23.8 Å². The Hall–Kier alpha value is -3.22. The van der Waals surface area contributed by atoms with Gasteiger partial charge in [-0.3, -0.25) is 9.59 Å². The van der Waals surface area contributed by atoms with Crippen molar-refractivity contribution >= 4 is 17.5 Å². The highest BCUT2D eigenvalue weighted by atomic mass is 16.5. The third-order valence-electron chi connectivity index (χ3n) is 4.19. The molecule has 2 aromatic carbocycles. The number of nitrogens with zero attached hydrogens (tertiary/aromatic N) is 1. The number of rotatable bonds is 8. The lowest BCUT2D eigenvalue weighted by Crippen LogP contribution is -2.21. The third-order valence-corrected chi connectivity index (χ3v) is 4.19. The molecule has 0 aliphatic carbocycles. The van der Waals surface area contributed by atoms with Crippen LogP contribution in [-0.2, 0) is 11.2 Å². The lowest BCUT2D eigenvalue weighted by Gasteiger charge is -2.14. The molecular formula is C21H26N2O5. The summed E-state index contributed by atoms with van der Waals surface area (Å²) in [7, 11) is 8.05. The monoisotopic (exact) mass is 386 g/mol. The first kappa shape index (κ1) is 21.1. The molecule has 0 saturated heterocycles. The van der Waals surface area contributed by atoms with E-state index in [1.165, 1.54) is 4.90 Å². The number of amides is 2. The van der Waals surface area contributed by atoms with E-state index in [0.29, 0.717) is 34.9 Å². The molecule has 1 N–H and O–H groups in total. The Bertz CT molecular complexity index is 806. The highest BCUT2D eigenvalue weighted by Gasteiger charge is 2.14. The van der Waals surface area contributed by atoms with Gasteiger partial charge < -0.3 is 24.4 Å². The highest BCUT2D eigenvalue weighted by molar-refractivity contribution is 5.95. The van der Waals surface area contributed by atoms with Gasteiger partial charge in [-0.2, -0.15) is 0 Å². The number of anilines is 1. The van der Waals surface area contributed by atoms with Crippen molar-refractivity contribution in [3.8, 4) is 17.2 Å². The van der Waals surface area contributed by atoms with Gasteiger partial charge >= 0.3 is 0 Å². The zero-order chi connectivity index (χ0) is 20.7. The second-order valence-electron chi connectivity index (χ2n) is 6.36. The van der Waals surface area contributed by atoms with E-state index in [-0.39, 0.29) is 18.2 Å². The van der Waals surface area contributed by atoms with E-state index >= 15 is 0 Å². The van der Waals surface area contributed by atoms with E-state index in [1.54, 1.807) is 59.7 Å². The Balaban J connectivity index is 2.00. The lowest BCUT2D eigenvalue weighted by molar-refractivity contribution is -0.116. The molecule has 2 aromatic rings. The van der Waals surface area contributed by atoms with Crippen LogP contribution < -0.4 is 19.5 Å². The first-order valence-electron chi connectivity index (χ1n) is 8.80. The van der Waals surface area contributed by atoms with Gasteiger partial charge in [0.1, 0.15) is 0 Å². The van der Waals surface area contributed by atoms with Gasteiger partial charge in [0.05, 0.1) is 21.3 Å². The first-order valence-corrected chi connectivity index (χ1v) is 8.80. The number of hydrogen-bond acceptors (Lipinski definition) is 5. The normalized spacial score (nSPS) is 10.2. The number of carbonyl (C=O) groups excluding carboxylic acids is 2. The molecule has 0 aromatic heterocycles. The molecule has 7 nitrogen and oxygen atoms in total. The first-order chi connectivity index (χ1) is 13.4. The fraction of sp³-hybridized carbons (Fsp3) is 0.333. The number of nitrogens with one attached hydrogen (secondary N) is 1. The van der Waals surface area contributed by atoms with Gasteiger partial charge in [-0.1, -0.05) is 0 Å². The lowest BCUT2D eigenvalue weighted by atomic mass is 10.1. The van der Waals surface area contributed by atoms with Crippen LogP contribution in [0.15, 0.2) is 36.4 Å². The SMILES string of the molecule is COc1cc(CCC(=O)Nc2ccc(C(=O)N(C)C)cc2)cc(OC)c1OC. The van der Waals surface area contributed by atoms with Crippen molar-refractivity contribution in [2.75, 3.05) is 40.7 Å². The van der Waals surface area contributed by atoms with Gasteiger partial charge in [0.25, 0.3) is 5.91 Å². The number of hydrogen-bond donors (Lipinski definition) is 1. The molecule has 0 unspecified atom stereocenters. The predicted molar refractivity (Wildman–Crippen MR) is 108 cm³/mol. The molecule has 0 bridgehead atoms. The summed E-state index contributed by atoms with van der Waals surface area (Å²) >= 11 is 0. The molecule has 150 valence electrons. The van der Waals surface area contributed by atoms with Crippen LogP contribution in [0, 0.1) is 0 Å². The van der Waals surface area contributed by atoms with Crippen molar-refractivity contribution in [3.05, 3.63) is 47.5 Å². The van der Waals surface area contributed by atoms with Gasteiger partial charge in [0.15, 0.2) is 11.5 Å². The molecule has 0 atom stereocenters. The predicted octanol–water partition coefficient (Wildman–Crippen LogP) is 2.99. The maximum atomic E-state index is 12.3. The highest BCUT2D eigenvalue weighted by Crippen LogP contribution is 2.38.